The lowest BCUT2D eigenvalue weighted by Gasteiger charge is -2.31. The van der Waals surface area contributed by atoms with Gasteiger partial charge in [-0.1, -0.05) is 32.1 Å². The zero-order valence-electron chi connectivity index (χ0n) is 17.3. The summed E-state index contributed by atoms with van der Waals surface area (Å²) in [5.74, 6) is 0.919. The largest absolute Gasteiger partial charge is 0.364 e. The molecule has 0 unspecified atom stereocenters. The van der Waals surface area contributed by atoms with Crippen LogP contribution in [0.5, 0.6) is 0 Å². The van der Waals surface area contributed by atoms with Gasteiger partial charge in [0.15, 0.2) is 0 Å². The summed E-state index contributed by atoms with van der Waals surface area (Å²) in [7, 11) is 0. The van der Waals surface area contributed by atoms with E-state index in [0.717, 1.165) is 48.8 Å². The van der Waals surface area contributed by atoms with Crippen LogP contribution in [0, 0.1) is 19.8 Å². The third kappa shape index (κ3) is 4.26. The minimum Gasteiger partial charge on any atom is -0.364 e. The molecule has 1 aliphatic heterocycles. The molecule has 1 aliphatic carbocycles. The van der Waals surface area contributed by atoms with Crippen molar-refractivity contribution in [3.8, 4) is 0 Å². The van der Waals surface area contributed by atoms with E-state index in [1.54, 1.807) is 0 Å². The van der Waals surface area contributed by atoms with Gasteiger partial charge in [0, 0.05) is 42.8 Å². The molecule has 0 spiro atoms. The van der Waals surface area contributed by atoms with Crippen molar-refractivity contribution < 1.29 is 4.79 Å². The summed E-state index contributed by atoms with van der Waals surface area (Å²) in [6, 6.07) is 8.78. The fourth-order valence-corrected chi connectivity index (χ4v) is 4.87. The van der Waals surface area contributed by atoms with E-state index in [-0.39, 0.29) is 5.91 Å². The predicted octanol–water partition coefficient (Wildman–Crippen LogP) is 5.42. The van der Waals surface area contributed by atoms with Crippen LogP contribution in [0.3, 0.4) is 0 Å². The predicted molar refractivity (Wildman–Crippen MR) is 116 cm³/mol. The fourth-order valence-electron chi connectivity index (χ4n) is 4.87. The highest BCUT2D eigenvalue weighted by Gasteiger charge is 2.19. The molecule has 4 rings (SSSR count). The van der Waals surface area contributed by atoms with Crippen LogP contribution in [0.15, 0.2) is 30.5 Å². The minimum absolute atomic E-state index is 0.167. The Balaban J connectivity index is 1.39. The zero-order chi connectivity index (χ0) is 19.5. The Morgan fingerprint density at radius 1 is 1.11 bits per heavy atom. The molecule has 28 heavy (non-hydrogen) atoms. The van der Waals surface area contributed by atoms with E-state index in [0.29, 0.717) is 6.42 Å². The third-order valence-electron chi connectivity index (χ3n) is 6.54. The van der Waals surface area contributed by atoms with E-state index in [4.69, 9.17) is 0 Å². The van der Waals surface area contributed by atoms with Gasteiger partial charge in [0.25, 0.3) is 0 Å². The number of hydrogen-bond acceptors (Lipinski definition) is 2. The van der Waals surface area contributed by atoms with Gasteiger partial charge in [-0.15, -0.1) is 0 Å². The standard InChI is InChI=1S/C24H33N3O/c1-18-15-22(27-14-13-26-12-6-9-21(26)17-27)16-19(2)24(18)25-23(28)11-10-20-7-4-3-5-8-20/h6,9,12,15-16,20H,3-5,7-8,10-11,13-14,17H2,1-2H3,(H,25,28). The third-order valence-corrected chi connectivity index (χ3v) is 6.54. The molecular weight excluding hydrogens is 346 g/mol. The lowest BCUT2D eigenvalue weighted by Crippen LogP contribution is -2.33. The number of aryl methyl sites for hydroxylation is 2. The van der Waals surface area contributed by atoms with Gasteiger partial charge in [0.2, 0.25) is 5.91 Å². The molecule has 1 aromatic heterocycles. The Bertz CT molecular complexity index is 809. The van der Waals surface area contributed by atoms with Crippen molar-refractivity contribution in [3.05, 3.63) is 47.3 Å². The first-order valence-electron chi connectivity index (χ1n) is 10.9. The summed E-state index contributed by atoms with van der Waals surface area (Å²) in [4.78, 5) is 15.0. The summed E-state index contributed by atoms with van der Waals surface area (Å²) in [5.41, 5.74) is 5.92. The minimum atomic E-state index is 0.167. The van der Waals surface area contributed by atoms with Crippen molar-refractivity contribution in [3.63, 3.8) is 0 Å². The zero-order valence-corrected chi connectivity index (χ0v) is 17.3. The van der Waals surface area contributed by atoms with Gasteiger partial charge in [-0.05, 0) is 61.6 Å². The highest BCUT2D eigenvalue weighted by atomic mass is 16.1. The van der Waals surface area contributed by atoms with Crippen molar-refractivity contribution in [2.75, 3.05) is 16.8 Å². The van der Waals surface area contributed by atoms with E-state index in [1.807, 2.05) is 0 Å². The topological polar surface area (TPSA) is 37.3 Å². The van der Waals surface area contributed by atoms with Gasteiger partial charge in [0.05, 0.1) is 6.54 Å². The molecule has 0 bridgehead atoms. The van der Waals surface area contributed by atoms with Crippen LogP contribution in [0.4, 0.5) is 11.4 Å². The highest BCUT2D eigenvalue weighted by Crippen LogP contribution is 2.31. The Hall–Kier alpha value is -2.23. The van der Waals surface area contributed by atoms with E-state index >= 15 is 0 Å². The number of aromatic nitrogens is 1. The molecule has 1 amide bonds. The van der Waals surface area contributed by atoms with E-state index < -0.39 is 0 Å². The Labute approximate surface area is 168 Å². The lowest BCUT2D eigenvalue weighted by molar-refractivity contribution is -0.116. The van der Waals surface area contributed by atoms with Crippen molar-refractivity contribution >= 4 is 17.3 Å². The number of carbonyl (C=O) groups is 1. The fraction of sp³-hybridized carbons (Fsp3) is 0.542. The van der Waals surface area contributed by atoms with Crippen LogP contribution < -0.4 is 10.2 Å². The molecule has 2 aliphatic rings. The molecule has 0 atom stereocenters. The second-order valence-electron chi connectivity index (χ2n) is 8.66. The number of benzene rings is 1. The van der Waals surface area contributed by atoms with Crippen LogP contribution in [0.25, 0.3) is 0 Å². The van der Waals surface area contributed by atoms with Crippen LogP contribution in [0.1, 0.15) is 61.8 Å². The summed E-state index contributed by atoms with van der Waals surface area (Å²) >= 11 is 0. The summed E-state index contributed by atoms with van der Waals surface area (Å²) in [6.45, 7) is 7.21. The van der Waals surface area contributed by atoms with Gasteiger partial charge in [-0.2, -0.15) is 0 Å². The first-order chi connectivity index (χ1) is 13.6. The average Bonchev–Trinajstić information content (AvgIpc) is 3.17. The number of fused-ring (bicyclic) bond motifs is 1. The SMILES string of the molecule is Cc1cc(N2CCn3cccc3C2)cc(C)c1NC(=O)CCC1CCCCC1. The molecule has 150 valence electrons. The maximum atomic E-state index is 12.5. The highest BCUT2D eigenvalue weighted by molar-refractivity contribution is 5.92. The van der Waals surface area contributed by atoms with Crippen LogP contribution in [0.2, 0.25) is 0 Å². The molecule has 1 N–H and O–H groups in total. The van der Waals surface area contributed by atoms with Crippen molar-refractivity contribution in [1.82, 2.24) is 4.57 Å². The van der Waals surface area contributed by atoms with Gasteiger partial charge in [-0.25, -0.2) is 0 Å². The maximum absolute atomic E-state index is 12.5. The van der Waals surface area contributed by atoms with E-state index in [2.05, 4.69) is 59.1 Å². The number of nitrogens with zero attached hydrogens (tertiary/aromatic N) is 2. The van der Waals surface area contributed by atoms with E-state index in [9.17, 15) is 4.79 Å². The molecule has 4 heteroatoms. The van der Waals surface area contributed by atoms with Crippen molar-refractivity contribution in [2.45, 2.75) is 71.9 Å². The number of amides is 1. The molecule has 2 aromatic rings. The Morgan fingerprint density at radius 3 is 2.61 bits per heavy atom. The molecule has 2 heterocycles. The lowest BCUT2D eigenvalue weighted by atomic mass is 9.86. The second kappa shape index (κ2) is 8.42. The van der Waals surface area contributed by atoms with E-state index in [1.165, 1.54) is 43.5 Å². The molecule has 1 saturated carbocycles. The van der Waals surface area contributed by atoms with Crippen LogP contribution >= 0.6 is 0 Å². The summed E-state index contributed by atoms with van der Waals surface area (Å²) in [6.07, 6.45) is 10.5. The molecule has 1 aromatic carbocycles. The normalized spacial score (nSPS) is 17.4. The number of carbonyl (C=O) groups excluding carboxylic acids is 1. The number of hydrogen-bond donors (Lipinski definition) is 1. The smallest absolute Gasteiger partial charge is 0.224 e. The number of nitrogens with one attached hydrogen (secondary N) is 1. The first kappa shape index (κ1) is 19.1. The molecule has 0 radical (unpaired) electrons. The van der Waals surface area contributed by atoms with Crippen LogP contribution in [-0.2, 0) is 17.9 Å². The van der Waals surface area contributed by atoms with Gasteiger partial charge < -0.3 is 14.8 Å². The van der Waals surface area contributed by atoms with Gasteiger partial charge in [0.1, 0.15) is 0 Å². The average molecular weight is 380 g/mol. The Morgan fingerprint density at radius 2 is 1.86 bits per heavy atom. The molecule has 4 nitrogen and oxygen atoms in total. The van der Waals surface area contributed by atoms with Crippen molar-refractivity contribution in [2.24, 2.45) is 5.92 Å². The summed E-state index contributed by atoms with van der Waals surface area (Å²) in [5, 5.41) is 3.20. The molecule has 1 fully saturated rings. The summed E-state index contributed by atoms with van der Waals surface area (Å²) < 4.78 is 2.33. The monoisotopic (exact) mass is 379 g/mol. The number of anilines is 2. The van der Waals surface area contributed by atoms with Gasteiger partial charge in [-0.3, -0.25) is 4.79 Å². The first-order valence-corrected chi connectivity index (χ1v) is 10.9. The van der Waals surface area contributed by atoms with Crippen molar-refractivity contribution in [1.29, 1.82) is 0 Å². The molecule has 0 saturated heterocycles. The quantitative estimate of drug-likeness (QED) is 0.753. The van der Waals surface area contributed by atoms with Crippen LogP contribution in [-0.4, -0.2) is 17.0 Å². The van der Waals surface area contributed by atoms with Gasteiger partial charge >= 0.3 is 0 Å². The number of rotatable bonds is 5. The second-order valence-corrected chi connectivity index (χ2v) is 8.66. The maximum Gasteiger partial charge on any atom is 0.224 e. The Kier molecular flexibility index (Phi) is 5.74. The molecular formula is C24H33N3O.